The first-order chi connectivity index (χ1) is 12.6. The highest BCUT2D eigenvalue weighted by Gasteiger charge is 2.24. The highest BCUT2D eigenvalue weighted by atomic mass is 35.5. The first-order valence-corrected chi connectivity index (χ1v) is 8.43. The van der Waals surface area contributed by atoms with Gasteiger partial charge in [0.05, 0.1) is 36.1 Å². The number of nitrogens with zero attached hydrogens (tertiary/aromatic N) is 4. The van der Waals surface area contributed by atoms with Gasteiger partial charge < -0.3 is 15.4 Å². The summed E-state index contributed by atoms with van der Waals surface area (Å²) < 4.78 is 5.97. The molecule has 1 amide bonds. The van der Waals surface area contributed by atoms with Crippen LogP contribution < -0.4 is 10.6 Å². The minimum absolute atomic E-state index is 0.173. The SMILES string of the molecule is CNC(=O)c1cc(-c2cc(C3CNCC(CC#N)O3)cc(Cl)n2)ncn1. The number of aromatic nitrogens is 3. The molecule has 2 aromatic heterocycles. The van der Waals surface area contributed by atoms with Gasteiger partial charge in [-0.15, -0.1) is 0 Å². The Hall–Kier alpha value is -2.60. The highest BCUT2D eigenvalue weighted by Crippen LogP contribution is 2.28. The number of nitriles is 1. The van der Waals surface area contributed by atoms with Gasteiger partial charge in [0, 0.05) is 20.1 Å². The van der Waals surface area contributed by atoms with Crippen molar-refractivity contribution in [2.24, 2.45) is 0 Å². The number of pyridine rings is 1. The molecule has 0 spiro atoms. The van der Waals surface area contributed by atoms with Crippen LogP contribution in [0.1, 0.15) is 28.6 Å². The summed E-state index contributed by atoms with van der Waals surface area (Å²) in [6.07, 6.45) is 1.20. The molecule has 8 nitrogen and oxygen atoms in total. The third kappa shape index (κ3) is 4.14. The number of hydrogen-bond donors (Lipinski definition) is 2. The van der Waals surface area contributed by atoms with Crippen LogP contribution in [-0.2, 0) is 4.74 Å². The number of amides is 1. The van der Waals surface area contributed by atoms with E-state index in [1.165, 1.54) is 13.4 Å². The average Bonchev–Trinajstić information content (AvgIpc) is 2.67. The number of ether oxygens (including phenoxy) is 1. The minimum atomic E-state index is -0.310. The smallest absolute Gasteiger partial charge is 0.269 e. The Bertz CT molecular complexity index is 853. The van der Waals surface area contributed by atoms with Gasteiger partial charge in [0.2, 0.25) is 0 Å². The summed E-state index contributed by atoms with van der Waals surface area (Å²) in [5.74, 6) is -0.310. The van der Waals surface area contributed by atoms with E-state index in [0.29, 0.717) is 36.1 Å². The molecule has 2 unspecified atom stereocenters. The van der Waals surface area contributed by atoms with E-state index in [1.807, 2.05) is 6.07 Å². The van der Waals surface area contributed by atoms with E-state index in [1.54, 1.807) is 12.1 Å². The molecular weight excluding hydrogens is 356 g/mol. The van der Waals surface area contributed by atoms with Crippen LogP contribution in [0.4, 0.5) is 0 Å². The van der Waals surface area contributed by atoms with Crippen LogP contribution in [0.2, 0.25) is 5.15 Å². The number of carbonyl (C=O) groups excluding carboxylic acids is 1. The van der Waals surface area contributed by atoms with Gasteiger partial charge in [0.1, 0.15) is 17.2 Å². The molecule has 0 aliphatic carbocycles. The van der Waals surface area contributed by atoms with E-state index < -0.39 is 0 Å². The maximum Gasteiger partial charge on any atom is 0.269 e. The molecule has 3 rings (SSSR count). The Labute approximate surface area is 155 Å². The van der Waals surface area contributed by atoms with E-state index in [0.717, 1.165) is 5.56 Å². The number of halogens is 1. The molecule has 1 saturated heterocycles. The van der Waals surface area contributed by atoms with Crippen LogP contribution in [0.25, 0.3) is 11.4 Å². The summed E-state index contributed by atoms with van der Waals surface area (Å²) in [6, 6.07) is 7.23. The summed E-state index contributed by atoms with van der Waals surface area (Å²) in [5, 5.41) is 14.9. The first-order valence-electron chi connectivity index (χ1n) is 8.06. The third-order valence-corrected chi connectivity index (χ3v) is 4.15. The fraction of sp³-hybridized carbons (Fsp3) is 0.353. The van der Waals surface area contributed by atoms with Crippen molar-refractivity contribution in [3.05, 3.63) is 40.9 Å². The number of carbonyl (C=O) groups is 1. The molecule has 134 valence electrons. The Balaban J connectivity index is 1.91. The van der Waals surface area contributed by atoms with Crippen LogP contribution in [0, 0.1) is 11.3 Å². The molecule has 9 heteroatoms. The standard InChI is InChI=1S/C17H17ClN6O2/c1-20-17(25)14-6-12(22-9-23-14)13-4-10(5-16(18)24-13)15-8-21-7-11(26-15)2-3-19/h4-6,9,11,15,21H,2,7-8H2,1H3,(H,20,25). The Kier molecular flexibility index (Phi) is 5.73. The van der Waals surface area contributed by atoms with E-state index >= 15 is 0 Å². The minimum Gasteiger partial charge on any atom is -0.367 e. The fourth-order valence-corrected chi connectivity index (χ4v) is 2.92. The zero-order valence-electron chi connectivity index (χ0n) is 14.1. The zero-order chi connectivity index (χ0) is 18.5. The summed E-state index contributed by atoms with van der Waals surface area (Å²) in [6.45, 7) is 1.24. The van der Waals surface area contributed by atoms with Gasteiger partial charge in [-0.1, -0.05) is 11.6 Å². The van der Waals surface area contributed by atoms with Crippen molar-refractivity contribution >= 4 is 17.5 Å². The highest BCUT2D eigenvalue weighted by molar-refractivity contribution is 6.29. The van der Waals surface area contributed by atoms with Gasteiger partial charge in [-0.05, 0) is 23.8 Å². The van der Waals surface area contributed by atoms with Gasteiger partial charge in [0.15, 0.2) is 0 Å². The summed E-state index contributed by atoms with van der Waals surface area (Å²) in [4.78, 5) is 24.2. The number of nitrogens with one attached hydrogen (secondary N) is 2. The van der Waals surface area contributed by atoms with E-state index in [9.17, 15) is 4.79 Å². The maximum absolute atomic E-state index is 11.8. The number of rotatable bonds is 4. The average molecular weight is 373 g/mol. The lowest BCUT2D eigenvalue weighted by Crippen LogP contribution is -2.40. The molecular formula is C17H17ClN6O2. The molecule has 2 aromatic rings. The molecule has 3 heterocycles. The van der Waals surface area contributed by atoms with Gasteiger partial charge >= 0.3 is 0 Å². The van der Waals surface area contributed by atoms with Gasteiger partial charge in [-0.25, -0.2) is 15.0 Å². The van der Waals surface area contributed by atoms with Crippen LogP contribution in [0.5, 0.6) is 0 Å². The van der Waals surface area contributed by atoms with Crippen LogP contribution >= 0.6 is 11.6 Å². The molecule has 0 bridgehead atoms. The second kappa shape index (κ2) is 8.19. The molecule has 2 atom stereocenters. The molecule has 0 aromatic carbocycles. The van der Waals surface area contributed by atoms with Gasteiger partial charge in [0.25, 0.3) is 5.91 Å². The van der Waals surface area contributed by atoms with Crippen molar-refractivity contribution in [2.75, 3.05) is 20.1 Å². The molecule has 1 fully saturated rings. The van der Waals surface area contributed by atoms with Crippen LogP contribution in [-0.4, -0.2) is 47.1 Å². The number of morpholine rings is 1. The summed E-state index contributed by atoms with van der Waals surface area (Å²) >= 11 is 6.18. The van der Waals surface area contributed by atoms with Gasteiger partial charge in [-0.3, -0.25) is 4.79 Å². The Morgan fingerprint density at radius 3 is 3.00 bits per heavy atom. The Morgan fingerprint density at radius 2 is 2.23 bits per heavy atom. The predicted octanol–water partition coefficient (Wildman–Crippen LogP) is 1.49. The van der Waals surface area contributed by atoms with Crippen molar-refractivity contribution < 1.29 is 9.53 Å². The van der Waals surface area contributed by atoms with Crippen molar-refractivity contribution in [3.63, 3.8) is 0 Å². The normalized spacial score (nSPS) is 19.6. The maximum atomic E-state index is 11.8. The van der Waals surface area contributed by atoms with Crippen LogP contribution in [0.3, 0.4) is 0 Å². The number of hydrogen-bond acceptors (Lipinski definition) is 7. The molecule has 0 saturated carbocycles. The zero-order valence-corrected chi connectivity index (χ0v) is 14.8. The third-order valence-electron chi connectivity index (χ3n) is 3.95. The van der Waals surface area contributed by atoms with Crippen molar-refractivity contribution in [2.45, 2.75) is 18.6 Å². The molecule has 1 aliphatic rings. The van der Waals surface area contributed by atoms with Crippen molar-refractivity contribution in [3.8, 4) is 17.5 Å². The van der Waals surface area contributed by atoms with Crippen LogP contribution in [0.15, 0.2) is 24.5 Å². The second-order valence-electron chi connectivity index (χ2n) is 5.74. The predicted molar refractivity (Wildman–Crippen MR) is 94.4 cm³/mol. The second-order valence-corrected chi connectivity index (χ2v) is 6.13. The van der Waals surface area contributed by atoms with E-state index in [4.69, 9.17) is 21.6 Å². The molecule has 2 N–H and O–H groups in total. The summed E-state index contributed by atoms with van der Waals surface area (Å²) in [5.41, 5.74) is 2.08. The van der Waals surface area contributed by atoms with Gasteiger partial charge in [-0.2, -0.15) is 5.26 Å². The van der Waals surface area contributed by atoms with Crippen molar-refractivity contribution in [1.82, 2.24) is 25.6 Å². The molecule has 1 aliphatic heterocycles. The quantitative estimate of drug-likeness (QED) is 0.782. The topological polar surface area (TPSA) is 113 Å². The molecule has 0 radical (unpaired) electrons. The van der Waals surface area contributed by atoms with E-state index in [2.05, 4.69) is 31.7 Å². The fourth-order valence-electron chi connectivity index (χ4n) is 2.71. The lowest BCUT2D eigenvalue weighted by Gasteiger charge is -2.30. The largest absolute Gasteiger partial charge is 0.367 e. The van der Waals surface area contributed by atoms with E-state index in [-0.39, 0.29) is 23.8 Å². The Morgan fingerprint density at radius 1 is 1.38 bits per heavy atom. The first kappa shape index (κ1) is 18.2. The summed E-state index contributed by atoms with van der Waals surface area (Å²) in [7, 11) is 1.53. The lowest BCUT2D eigenvalue weighted by atomic mass is 10.1. The lowest BCUT2D eigenvalue weighted by molar-refractivity contribution is -0.0359. The van der Waals surface area contributed by atoms with Crippen molar-refractivity contribution in [1.29, 1.82) is 5.26 Å². The monoisotopic (exact) mass is 372 g/mol. The molecule has 26 heavy (non-hydrogen) atoms.